The van der Waals surface area contributed by atoms with E-state index in [1.165, 1.54) is 0 Å². The van der Waals surface area contributed by atoms with Gasteiger partial charge in [-0.15, -0.1) is 0 Å². The van der Waals surface area contributed by atoms with Crippen LogP contribution in [0.15, 0.2) is 47.4 Å². The summed E-state index contributed by atoms with van der Waals surface area (Å²) in [5.41, 5.74) is 1.88. The van der Waals surface area contributed by atoms with Crippen molar-refractivity contribution in [3.63, 3.8) is 0 Å². The van der Waals surface area contributed by atoms with Gasteiger partial charge in [-0.05, 0) is 24.3 Å². The average molecular weight is 369 g/mol. The molecule has 0 amide bonds. The maximum absolute atomic E-state index is 12.4. The molecule has 1 unspecified atom stereocenters. The number of benzene rings is 2. The molecule has 0 aliphatic carbocycles. The molecule has 0 aliphatic heterocycles. The highest BCUT2D eigenvalue weighted by atomic mass is 79.9. The van der Waals surface area contributed by atoms with Gasteiger partial charge in [0.1, 0.15) is 11.5 Å². The van der Waals surface area contributed by atoms with E-state index in [1.807, 2.05) is 42.5 Å². The normalized spacial score (nSPS) is 12.0. The summed E-state index contributed by atoms with van der Waals surface area (Å²) in [6.07, 6.45) is 0. The van der Waals surface area contributed by atoms with Gasteiger partial charge < -0.3 is 9.47 Å². The van der Waals surface area contributed by atoms with E-state index in [0.717, 1.165) is 27.5 Å². The number of halogens is 1. The molecular formula is C16H17BrO3S. The molecule has 2 aromatic carbocycles. The Balaban J connectivity index is 2.32. The maximum atomic E-state index is 12.4. The van der Waals surface area contributed by atoms with Crippen LogP contribution in [0.25, 0.3) is 0 Å². The molecule has 5 heteroatoms. The number of hydrogen-bond acceptors (Lipinski definition) is 3. The Hall–Kier alpha value is -1.33. The Kier molecular flexibility index (Phi) is 5.82. The van der Waals surface area contributed by atoms with Crippen LogP contribution in [0.2, 0.25) is 0 Å². The summed E-state index contributed by atoms with van der Waals surface area (Å²) >= 11 is 3.43. The van der Waals surface area contributed by atoms with Gasteiger partial charge in [-0.25, -0.2) is 0 Å². The molecule has 0 spiro atoms. The number of alkyl halides is 1. The minimum absolute atomic E-state index is 0.395. The first-order valence-corrected chi connectivity index (χ1v) is 8.86. The van der Waals surface area contributed by atoms with Crippen LogP contribution in [0.1, 0.15) is 11.1 Å². The van der Waals surface area contributed by atoms with Crippen LogP contribution in [-0.2, 0) is 21.9 Å². The van der Waals surface area contributed by atoms with Crippen LogP contribution >= 0.6 is 15.9 Å². The highest BCUT2D eigenvalue weighted by molar-refractivity contribution is 9.08. The molecular weight excluding hydrogens is 352 g/mol. The van der Waals surface area contributed by atoms with Crippen LogP contribution < -0.4 is 9.47 Å². The van der Waals surface area contributed by atoms with Gasteiger partial charge >= 0.3 is 0 Å². The van der Waals surface area contributed by atoms with Crippen molar-refractivity contribution in [3.05, 3.63) is 53.6 Å². The van der Waals surface area contributed by atoms with Gasteiger partial charge in [0.25, 0.3) is 0 Å². The summed E-state index contributed by atoms with van der Waals surface area (Å²) in [7, 11) is 2.14. The van der Waals surface area contributed by atoms with E-state index < -0.39 is 10.8 Å². The summed E-state index contributed by atoms with van der Waals surface area (Å²) in [4.78, 5) is 0.808. The molecule has 21 heavy (non-hydrogen) atoms. The topological polar surface area (TPSA) is 35.5 Å². The number of methoxy groups -OCH3 is 2. The van der Waals surface area contributed by atoms with E-state index in [9.17, 15) is 4.21 Å². The third kappa shape index (κ3) is 3.86. The van der Waals surface area contributed by atoms with Crippen LogP contribution in [0.3, 0.4) is 0 Å². The Labute approximate surface area is 135 Å². The third-order valence-corrected chi connectivity index (χ3v) is 5.10. The Bertz CT molecular complexity index is 629. The maximum Gasteiger partial charge on any atom is 0.123 e. The fourth-order valence-corrected chi connectivity index (χ4v) is 3.61. The zero-order valence-corrected chi connectivity index (χ0v) is 14.4. The van der Waals surface area contributed by atoms with Crippen LogP contribution in [-0.4, -0.2) is 18.4 Å². The van der Waals surface area contributed by atoms with Gasteiger partial charge in [0.05, 0.1) is 30.8 Å². The van der Waals surface area contributed by atoms with E-state index in [4.69, 9.17) is 9.47 Å². The quantitative estimate of drug-likeness (QED) is 0.725. The molecule has 3 nitrogen and oxygen atoms in total. The molecule has 0 aliphatic rings. The highest BCUT2D eigenvalue weighted by Crippen LogP contribution is 2.31. The minimum atomic E-state index is -1.11. The Morgan fingerprint density at radius 2 is 1.57 bits per heavy atom. The zero-order chi connectivity index (χ0) is 15.2. The van der Waals surface area contributed by atoms with Crippen LogP contribution in [0.4, 0.5) is 0 Å². The molecule has 0 N–H and O–H groups in total. The van der Waals surface area contributed by atoms with Gasteiger partial charge in [0.2, 0.25) is 0 Å². The predicted molar refractivity (Wildman–Crippen MR) is 88.7 cm³/mol. The lowest BCUT2D eigenvalue weighted by Gasteiger charge is -2.13. The third-order valence-electron chi connectivity index (χ3n) is 3.12. The lowest BCUT2D eigenvalue weighted by molar-refractivity contribution is 0.397. The summed E-state index contributed by atoms with van der Waals surface area (Å²) in [5.74, 6) is 1.90. The summed E-state index contributed by atoms with van der Waals surface area (Å²) < 4.78 is 23.2. The lowest BCUT2D eigenvalue weighted by Crippen LogP contribution is -2.01. The molecule has 0 radical (unpaired) electrons. The second kappa shape index (κ2) is 7.61. The SMILES string of the molecule is COc1cc(CS(=O)c2ccccc2)c(OC)cc1CBr. The van der Waals surface area contributed by atoms with Gasteiger partial charge in [-0.3, -0.25) is 4.21 Å². The summed E-state index contributed by atoms with van der Waals surface area (Å²) in [6, 6.07) is 13.2. The fraction of sp³-hybridized carbons (Fsp3) is 0.250. The van der Waals surface area contributed by atoms with E-state index in [0.29, 0.717) is 11.1 Å². The Morgan fingerprint density at radius 3 is 2.14 bits per heavy atom. The summed E-state index contributed by atoms with van der Waals surface area (Å²) in [6.45, 7) is 0. The second-order valence-corrected chi connectivity index (χ2v) is 6.42. The van der Waals surface area contributed by atoms with Crippen LogP contribution in [0, 0.1) is 0 Å². The molecule has 2 rings (SSSR count). The molecule has 0 fully saturated rings. The largest absolute Gasteiger partial charge is 0.496 e. The predicted octanol–water partition coefficient (Wildman–Crippen LogP) is 3.91. The number of ether oxygens (including phenoxy) is 2. The van der Waals surface area contributed by atoms with Crippen molar-refractivity contribution >= 4 is 26.7 Å². The van der Waals surface area contributed by atoms with Crippen molar-refractivity contribution in [2.24, 2.45) is 0 Å². The number of hydrogen-bond donors (Lipinski definition) is 0. The molecule has 2 aromatic rings. The van der Waals surface area contributed by atoms with Crippen molar-refractivity contribution in [2.45, 2.75) is 16.0 Å². The first kappa shape index (κ1) is 16.0. The highest BCUT2D eigenvalue weighted by Gasteiger charge is 2.14. The van der Waals surface area contributed by atoms with Gasteiger partial charge in [-0.2, -0.15) is 0 Å². The van der Waals surface area contributed by atoms with Crippen LogP contribution in [0.5, 0.6) is 11.5 Å². The monoisotopic (exact) mass is 368 g/mol. The average Bonchev–Trinajstić information content (AvgIpc) is 2.55. The van der Waals surface area contributed by atoms with Crippen molar-refractivity contribution in [1.82, 2.24) is 0 Å². The fourth-order valence-electron chi connectivity index (χ4n) is 2.04. The summed E-state index contributed by atoms with van der Waals surface area (Å²) in [5, 5.41) is 0.675. The first-order valence-electron chi connectivity index (χ1n) is 6.42. The minimum Gasteiger partial charge on any atom is -0.496 e. The Morgan fingerprint density at radius 1 is 1.00 bits per heavy atom. The van der Waals surface area contributed by atoms with E-state index in [-0.39, 0.29) is 0 Å². The first-order chi connectivity index (χ1) is 10.2. The molecule has 0 aromatic heterocycles. The van der Waals surface area contributed by atoms with E-state index in [2.05, 4.69) is 15.9 Å². The molecule has 0 bridgehead atoms. The smallest absolute Gasteiger partial charge is 0.123 e. The molecule has 0 saturated carbocycles. The van der Waals surface area contributed by atoms with E-state index in [1.54, 1.807) is 14.2 Å². The molecule has 112 valence electrons. The van der Waals surface area contributed by atoms with E-state index >= 15 is 0 Å². The lowest BCUT2D eigenvalue weighted by atomic mass is 10.1. The van der Waals surface area contributed by atoms with Gasteiger partial charge in [-0.1, -0.05) is 34.1 Å². The molecule has 0 heterocycles. The van der Waals surface area contributed by atoms with Crippen molar-refractivity contribution in [3.8, 4) is 11.5 Å². The van der Waals surface area contributed by atoms with Crippen molar-refractivity contribution in [1.29, 1.82) is 0 Å². The van der Waals surface area contributed by atoms with Crippen molar-refractivity contribution < 1.29 is 13.7 Å². The van der Waals surface area contributed by atoms with Gasteiger partial charge in [0.15, 0.2) is 0 Å². The number of rotatable bonds is 6. The zero-order valence-electron chi connectivity index (χ0n) is 12.0. The van der Waals surface area contributed by atoms with Crippen molar-refractivity contribution in [2.75, 3.05) is 14.2 Å². The molecule has 1 atom stereocenters. The van der Waals surface area contributed by atoms with Gasteiger partial charge in [0, 0.05) is 21.4 Å². The molecule has 0 saturated heterocycles. The second-order valence-electron chi connectivity index (χ2n) is 4.41. The standard InChI is InChI=1S/C16H17BrO3S/c1-19-15-9-13(16(20-2)8-12(15)10-17)11-21(18)14-6-4-3-5-7-14/h3-9H,10-11H2,1-2H3.